The minimum atomic E-state index is -2.90. The maximum absolute atomic E-state index is 13.5. The summed E-state index contributed by atoms with van der Waals surface area (Å²) in [6, 6.07) is 14.1. The van der Waals surface area contributed by atoms with Gasteiger partial charge in [0.2, 0.25) is 0 Å². The molecule has 0 aliphatic carbocycles. The van der Waals surface area contributed by atoms with Gasteiger partial charge in [0, 0.05) is 38.4 Å². The van der Waals surface area contributed by atoms with E-state index in [1.165, 1.54) is 0 Å². The van der Waals surface area contributed by atoms with E-state index in [9.17, 15) is 13.2 Å². The predicted octanol–water partition coefficient (Wildman–Crippen LogP) is 2.60. The van der Waals surface area contributed by atoms with Crippen LogP contribution in [0.3, 0.4) is 0 Å². The van der Waals surface area contributed by atoms with E-state index in [1.807, 2.05) is 51.5 Å². The summed E-state index contributed by atoms with van der Waals surface area (Å²) in [5.41, 5.74) is 2.48. The van der Waals surface area contributed by atoms with Gasteiger partial charge in [-0.15, -0.1) is 11.3 Å². The molecule has 9 heteroatoms. The Labute approximate surface area is 192 Å². The van der Waals surface area contributed by atoms with Gasteiger partial charge in [0.1, 0.15) is 5.69 Å². The average Bonchev–Trinajstić information content (AvgIpc) is 3.54. The molecule has 0 N–H and O–H groups in total. The normalized spacial score (nSPS) is 21.1. The third kappa shape index (κ3) is 4.51. The fourth-order valence-corrected chi connectivity index (χ4v) is 7.03. The molecule has 3 aromatic rings. The average molecular weight is 471 g/mol. The summed E-state index contributed by atoms with van der Waals surface area (Å²) in [5.74, 6) is 0.517. The highest BCUT2D eigenvalue weighted by Gasteiger charge is 2.35. The fourth-order valence-electron chi connectivity index (χ4n) is 4.55. The van der Waals surface area contributed by atoms with E-state index < -0.39 is 9.84 Å². The summed E-state index contributed by atoms with van der Waals surface area (Å²) in [6.45, 7) is 3.22. The van der Waals surface area contributed by atoms with Gasteiger partial charge in [-0.3, -0.25) is 14.4 Å². The molecule has 2 aliphatic rings. The fraction of sp³-hybridized carbons (Fsp3) is 0.391. The lowest BCUT2D eigenvalue weighted by atomic mass is 10.1. The van der Waals surface area contributed by atoms with Crippen molar-refractivity contribution < 1.29 is 13.2 Å². The van der Waals surface area contributed by atoms with E-state index in [0.717, 1.165) is 16.1 Å². The SMILES string of the molecule is O=C(c1cn(Cc2ccccc2)nc1-c1cccs1)N1CCN([C@H]2CCS(=O)(=O)C2)CC1. The van der Waals surface area contributed by atoms with Crippen LogP contribution in [0.5, 0.6) is 0 Å². The number of amides is 1. The molecule has 7 nitrogen and oxygen atoms in total. The van der Waals surface area contributed by atoms with Gasteiger partial charge < -0.3 is 4.90 Å². The number of aromatic nitrogens is 2. The van der Waals surface area contributed by atoms with Crippen LogP contribution in [0.4, 0.5) is 0 Å². The van der Waals surface area contributed by atoms with Gasteiger partial charge in [-0.05, 0) is 23.4 Å². The molecule has 2 fully saturated rings. The van der Waals surface area contributed by atoms with Crippen molar-refractivity contribution in [2.24, 2.45) is 0 Å². The lowest BCUT2D eigenvalue weighted by molar-refractivity contribution is 0.0588. The Morgan fingerprint density at radius 2 is 1.84 bits per heavy atom. The van der Waals surface area contributed by atoms with Crippen LogP contribution < -0.4 is 0 Å². The van der Waals surface area contributed by atoms with E-state index >= 15 is 0 Å². The Morgan fingerprint density at radius 1 is 1.06 bits per heavy atom. The molecular formula is C23H26N4O3S2. The molecule has 1 aromatic carbocycles. The number of hydrogen-bond donors (Lipinski definition) is 0. The molecule has 2 saturated heterocycles. The van der Waals surface area contributed by atoms with Crippen molar-refractivity contribution >= 4 is 27.1 Å². The number of carbonyl (C=O) groups excluding carboxylic acids is 1. The monoisotopic (exact) mass is 470 g/mol. The van der Waals surface area contributed by atoms with E-state index in [0.29, 0.717) is 44.7 Å². The van der Waals surface area contributed by atoms with Gasteiger partial charge in [-0.1, -0.05) is 36.4 Å². The number of sulfone groups is 1. The second-order valence-electron chi connectivity index (χ2n) is 8.44. The smallest absolute Gasteiger partial charge is 0.257 e. The van der Waals surface area contributed by atoms with Crippen LogP contribution in [0.15, 0.2) is 54.0 Å². The molecule has 0 saturated carbocycles. The zero-order chi connectivity index (χ0) is 22.1. The highest BCUT2D eigenvalue weighted by molar-refractivity contribution is 7.91. The molecule has 168 valence electrons. The number of hydrogen-bond acceptors (Lipinski definition) is 6. The van der Waals surface area contributed by atoms with Crippen LogP contribution in [0.25, 0.3) is 10.6 Å². The molecule has 2 aromatic heterocycles. The molecule has 32 heavy (non-hydrogen) atoms. The van der Waals surface area contributed by atoms with Crippen molar-refractivity contribution in [3.63, 3.8) is 0 Å². The standard InChI is InChI=1S/C23H26N4O3S2/c28-23(26-11-9-25(10-12-26)19-8-14-32(29,30)17-19)20-16-27(15-18-5-2-1-3-6-18)24-22(20)21-7-4-13-31-21/h1-7,13,16,19H,8-12,14-15,17H2/t19-/m0/s1. The zero-order valence-electron chi connectivity index (χ0n) is 17.8. The summed E-state index contributed by atoms with van der Waals surface area (Å²) in [5, 5.41) is 6.75. The van der Waals surface area contributed by atoms with Gasteiger partial charge >= 0.3 is 0 Å². The van der Waals surface area contributed by atoms with E-state index in [4.69, 9.17) is 5.10 Å². The minimum absolute atomic E-state index is 0.00796. The molecule has 0 unspecified atom stereocenters. The topological polar surface area (TPSA) is 75.5 Å². The molecule has 4 heterocycles. The van der Waals surface area contributed by atoms with Gasteiger partial charge in [-0.25, -0.2) is 8.42 Å². The zero-order valence-corrected chi connectivity index (χ0v) is 19.4. The van der Waals surface area contributed by atoms with E-state index in [2.05, 4.69) is 17.0 Å². The molecular weight excluding hydrogens is 444 g/mol. The second kappa shape index (κ2) is 8.80. The number of rotatable bonds is 5. The maximum Gasteiger partial charge on any atom is 0.257 e. The highest BCUT2D eigenvalue weighted by atomic mass is 32.2. The van der Waals surface area contributed by atoms with Crippen LogP contribution in [-0.2, 0) is 16.4 Å². The van der Waals surface area contributed by atoms with Crippen molar-refractivity contribution in [1.29, 1.82) is 0 Å². The Morgan fingerprint density at radius 3 is 2.50 bits per heavy atom. The first-order valence-corrected chi connectivity index (χ1v) is 13.6. The predicted molar refractivity (Wildman–Crippen MR) is 126 cm³/mol. The second-order valence-corrected chi connectivity index (χ2v) is 11.6. The molecule has 2 aliphatic heterocycles. The third-order valence-electron chi connectivity index (χ3n) is 6.26. The van der Waals surface area contributed by atoms with Gasteiger partial charge in [-0.2, -0.15) is 5.10 Å². The molecule has 0 bridgehead atoms. The number of benzene rings is 1. The third-order valence-corrected chi connectivity index (χ3v) is 8.89. The summed E-state index contributed by atoms with van der Waals surface area (Å²) in [7, 11) is -2.90. The van der Waals surface area contributed by atoms with Crippen LogP contribution in [0.2, 0.25) is 0 Å². The van der Waals surface area contributed by atoms with Crippen molar-refractivity contribution in [3.05, 3.63) is 65.2 Å². The molecule has 0 radical (unpaired) electrons. The minimum Gasteiger partial charge on any atom is -0.336 e. The van der Waals surface area contributed by atoms with Gasteiger partial charge in [0.15, 0.2) is 9.84 Å². The van der Waals surface area contributed by atoms with Crippen molar-refractivity contribution in [2.75, 3.05) is 37.7 Å². The number of thiophene rings is 1. The lowest BCUT2D eigenvalue weighted by Crippen LogP contribution is -2.52. The Hall–Kier alpha value is -2.49. The first-order chi connectivity index (χ1) is 15.5. The van der Waals surface area contributed by atoms with Crippen LogP contribution in [0.1, 0.15) is 22.3 Å². The molecule has 1 atom stereocenters. The van der Waals surface area contributed by atoms with Crippen LogP contribution in [-0.4, -0.2) is 77.6 Å². The Bertz CT molecular complexity index is 1180. The van der Waals surface area contributed by atoms with Crippen molar-refractivity contribution in [2.45, 2.75) is 19.0 Å². The lowest BCUT2D eigenvalue weighted by Gasteiger charge is -2.37. The highest BCUT2D eigenvalue weighted by Crippen LogP contribution is 2.28. The van der Waals surface area contributed by atoms with Crippen LogP contribution in [0, 0.1) is 0 Å². The van der Waals surface area contributed by atoms with Crippen LogP contribution >= 0.6 is 11.3 Å². The summed E-state index contributed by atoms with van der Waals surface area (Å²) >= 11 is 1.58. The quantitative estimate of drug-likeness (QED) is 0.573. The molecule has 0 spiro atoms. The Balaban J connectivity index is 1.33. The number of nitrogens with zero attached hydrogens (tertiary/aromatic N) is 4. The Kier molecular flexibility index (Phi) is 5.88. The molecule has 5 rings (SSSR count). The van der Waals surface area contributed by atoms with E-state index in [-0.39, 0.29) is 23.5 Å². The summed E-state index contributed by atoms with van der Waals surface area (Å²) in [4.78, 5) is 18.6. The summed E-state index contributed by atoms with van der Waals surface area (Å²) < 4.78 is 25.5. The first-order valence-electron chi connectivity index (χ1n) is 10.9. The first kappa shape index (κ1) is 21.4. The number of piperazine rings is 1. The maximum atomic E-state index is 13.5. The van der Waals surface area contributed by atoms with Gasteiger partial charge in [0.05, 0.1) is 28.5 Å². The largest absolute Gasteiger partial charge is 0.336 e. The van der Waals surface area contributed by atoms with Gasteiger partial charge in [0.25, 0.3) is 5.91 Å². The number of carbonyl (C=O) groups is 1. The summed E-state index contributed by atoms with van der Waals surface area (Å²) in [6.07, 6.45) is 2.56. The van der Waals surface area contributed by atoms with E-state index in [1.54, 1.807) is 11.3 Å². The van der Waals surface area contributed by atoms with Crippen molar-refractivity contribution in [1.82, 2.24) is 19.6 Å². The molecule has 1 amide bonds. The van der Waals surface area contributed by atoms with Crippen molar-refractivity contribution in [3.8, 4) is 10.6 Å².